The van der Waals surface area contributed by atoms with Crippen molar-refractivity contribution in [1.29, 1.82) is 0 Å². The summed E-state index contributed by atoms with van der Waals surface area (Å²) in [6, 6.07) is 4.55. The number of nitrogens with one attached hydrogen (secondary N) is 1. The van der Waals surface area contributed by atoms with E-state index in [9.17, 15) is 13.2 Å². The van der Waals surface area contributed by atoms with Crippen LogP contribution in [0, 0.1) is 0 Å². The summed E-state index contributed by atoms with van der Waals surface area (Å²) >= 11 is 0. The summed E-state index contributed by atoms with van der Waals surface area (Å²) in [7, 11) is -2.23. The molecule has 0 fully saturated rings. The van der Waals surface area contributed by atoms with Crippen molar-refractivity contribution in [3.63, 3.8) is 0 Å². The number of rotatable bonds is 1. The summed E-state index contributed by atoms with van der Waals surface area (Å²) in [5.74, 6) is -0.0746. The van der Waals surface area contributed by atoms with E-state index in [0.717, 1.165) is 0 Å². The molecule has 0 spiro atoms. The minimum Gasteiger partial charge on any atom is -0.497 e. The molecule has 0 aromatic heterocycles. The molecule has 0 radical (unpaired) electrons. The maximum absolute atomic E-state index is 12.3. The molecule has 2 rings (SSSR count). The zero-order valence-electron chi connectivity index (χ0n) is 9.77. The molecule has 0 saturated carbocycles. The second-order valence-electron chi connectivity index (χ2n) is 4.33. The van der Waals surface area contributed by atoms with Gasteiger partial charge in [0.2, 0.25) is 5.91 Å². The van der Waals surface area contributed by atoms with Crippen molar-refractivity contribution in [3.8, 4) is 5.75 Å². The quantitative estimate of drug-likeness (QED) is 0.818. The lowest BCUT2D eigenvalue weighted by Gasteiger charge is -2.30. The van der Waals surface area contributed by atoms with Crippen molar-refractivity contribution >= 4 is 21.4 Å². The fraction of sp³-hybridized carbons (Fsp3) is 0.364. The van der Waals surface area contributed by atoms with E-state index in [0.29, 0.717) is 11.4 Å². The second kappa shape index (κ2) is 3.46. The number of amides is 1. The number of carbonyl (C=O) groups is 1. The maximum Gasteiger partial charge on any atom is 0.245 e. The second-order valence-corrected chi connectivity index (χ2v) is 6.80. The van der Waals surface area contributed by atoms with E-state index in [2.05, 4.69) is 5.32 Å². The Hall–Kier alpha value is -1.56. The van der Waals surface area contributed by atoms with Gasteiger partial charge >= 0.3 is 0 Å². The van der Waals surface area contributed by atoms with E-state index in [1.54, 1.807) is 6.07 Å². The molecule has 1 N–H and O–H groups in total. The predicted molar refractivity (Wildman–Crippen MR) is 62.9 cm³/mol. The minimum absolute atomic E-state index is 0.0986. The number of fused-ring (bicyclic) bond motifs is 1. The summed E-state index contributed by atoms with van der Waals surface area (Å²) in [5.41, 5.74) is 0.301. The average molecular weight is 255 g/mol. The normalized spacial score (nSPS) is 20.3. The van der Waals surface area contributed by atoms with Crippen molar-refractivity contribution in [2.24, 2.45) is 0 Å². The first-order chi connectivity index (χ1) is 7.80. The van der Waals surface area contributed by atoms with E-state index in [1.165, 1.54) is 33.1 Å². The summed E-state index contributed by atoms with van der Waals surface area (Å²) < 4.78 is 28.1. The standard InChI is InChI=1S/C11H13NO4S/c1-11(2)10(13)12-8-5-4-7(16-3)6-9(8)17(11,14)15/h4-6H,1-3H3,(H,12,13). The summed E-state index contributed by atoms with van der Waals surface area (Å²) in [6.07, 6.45) is 0. The summed E-state index contributed by atoms with van der Waals surface area (Å²) in [4.78, 5) is 11.8. The Kier molecular flexibility index (Phi) is 2.43. The number of benzene rings is 1. The van der Waals surface area contributed by atoms with Gasteiger partial charge in [0.05, 0.1) is 17.7 Å². The van der Waals surface area contributed by atoms with Crippen molar-refractivity contribution in [2.45, 2.75) is 23.5 Å². The van der Waals surface area contributed by atoms with Crippen LogP contribution in [0.4, 0.5) is 5.69 Å². The van der Waals surface area contributed by atoms with Gasteiger partial charge in [-0.1, -0.05) is 0 Å². The SMILES string of the molecule is COc1ccc2c(c1)S(=O)(=O)C(C)(C)C(=O)N2. The molecule has 0 bridgehead atoms. The van der Waals surface area contributed by atoms with Gasteiger partial charge in [0, 0.05) is 6.07 Å². The summed E-state index contributed by atoms with van der Waals surface area (Å²) in [6.45, 7) is 2.78. The molecular weight excluding hydrogens is 242 g/mol. The molecule has 5 nitrogen and oxygen atoms in total. The number of ether oxygens (including phenoxy) is 1. The average Bonchev–Trinajstić information content (AvgIpc) is 2.27. The number of sulfone groups is 1. The lowest BCUT2D eigenvalue weighted by molar-refractivity contribution is -0.118. The Balaban J connectivity index is 2.74. The van der Waals surface area contributed by atoms with Crippen LogP contribution in [0.15, 0.2) is 23.1 Å². The van der Waals surface area contributed by atoms with Gasteiger partial charge in [-0.05, 0) is 26.0 Å². The Morgan fingerprint density at radius 3 is 2.53 bits per heavy atom. The van der Waals surface area contributed by atoms with E-state index in [-0.39, 0.29) is 4.90 Å². The third-order valence-corrected chi connectivity index (χ3v) is 5.39. The molecular formula is C11H13NO4S. The van der Waals surface area contributed by atoms with Crippen LogP contribution in [0.2, 0.25) is 0 Å². The van der Waals surface area contributed by atoms with Crippen LogP contribution in [0.1, 0.15) is 13.8 Å². The number of hydrogen-bond donors (Lipinski definition) is 1. The molecule has 1 aromatic rings. The first-order valence-corrected chi connectivity index (χ1v) is 6.53. The zero-order chi connectivity index (χ0) is 12.8. The van der Waals surface area contributed by atoms with Crippen LogP contribution in [0.25, 0.3) is 0 Å². The first kappa shape index (κ1) is 11.9. The van der Waals surface area contributed by atoms with Gasteiger partial charge in [0.25, 0.3) is 0 Å². The van der Waals surface area contributed by atoms with Gasteiger partial charge in [0.15, 0.2) is 9.84 Å². The van der Waals surface area contributed by atoms with Crippen molar-refractivity contribution < 1.29 is 17.9 Å². The number of anilines is 1. The minimum atomic E-state index is -3.69. The lowest BCUT2D eigenvalue weighted by atomic mass is 10.1. The van der Waals surface area contributed by atoms with E-state index >= 15 is 0 Å². The monoisotopic (exact) mass is 255 g/mol. The largest absolute Gasteiger partial charge is 0.497 e. The fourth-order valence-corrected chi connectivity index (χ4v) is 3.15. The predicted octanol–water partition coefficient (Wildman–Crippen LogP) is 1.20. The molecule has 92 valence electrons. The number of hydrogen-bond acceptors (Lipinski definition) is 4. The molecule has 1 aromatic carbocycles. The lowest BCUT2D eigenvalue weighted by Crippen LogP contribution is -2.48. The van der Waals surface area contributed by atoms with E-state index < -0.39 is 20.5 Å². The van der Waals surface area contributed by atoms with Gasteiger partial charge in [-0.15, -0.1) is 0 Å². The molecule has 0 unspecified atom stereocenters. The highest BCUT2D eigenvalue weighted by molar-refractivity contribution is 7.94. The highest BCUT2D eigenvalue weighted by Crippen LogP contribution is 2.38. The molecule has 1 heterocycles. The van der Waals surface area contributed by atoms with Crippen LogP contribution in [0.5, 0.6) is 5.75 Å². The van der Waals surface area contributed by atoms with Crippen molar-refractivity contribution in [3.05, 3.63) is 18.2 Å². The molecule has 17 heavy (non-hydrogen) atoms. The number of methoxy groups -OCH3 is 1. The summed E-state index contributed by atoms with van der Waals surface area (Å²) in [5, 5.41) is 2.58. The molecule has 1 aliphatic heterocycles. The maximum atomic E-state index is 12.3. The topological polar surface area (TPSA) is 72.5 Å². The highest BCUT2D eigenvalue weighted by Gasteiger charge is 2.47. The Labute approximate surface area is 99.7 Å². The van der Waals surface area contributed by atoms with Crippen molar-refractivity contribution in [2.75, 3.05) is 12.4 Å². The Morgan fingerprint density at radius 1 is 1.29 bits per heavy atom. The van der Waals surface area contributed by atoms with Gasteiger partial charge in [-0.25, -0.2) is 8.42 Å². The van der Waals surface area contributed by atoms with Gasteiger partial charge in [-0.3, -0.25) is 4.79 Å². The third kappa shape index (κ3) is 1.51. The Bertz CT molecular complexity index is 589. The molecule has 1 aliphatic rings. The van der Waals surface area contributed by atoms with Crippen LogP contribution >= 0.6 is 0 Å². The molecule has 0 aliphatic carbocycles. The van der Waals surface area contributed by atoms with Crippen LogP contribution in [-0.2, 0) is 14.6 Å². The van der Waals surface area contributed by atoms with E-state index in [1.807, 2.05) is 0 Å². The fourth-order valence-electron chi connectivity index (χ4n) is 1.62. The highest BCUT2D eigenvalue weighted by atomic mass is 32.2. The van der Waals surface area contributed by atoms with Gasteiger partial charge in [0.1, 0.15) is 10.5 Å². The molecule has 6 heteroatoms. The zero-order valence-corrected chi connectivity index (χ0v) is 10.6. The molecule has 0 saturated heterocycles. The van der Waals surface area contributed by atoms with Gasteiger partial charge in [-0.2, -0.15) is 0 Å². The van der Waals surface area contributed by atoms with Gasteiger partial charge < -0.3 is 10.1 Å². The smallest absolute Gasteiger partial charge is 0.245 e. The molecule has 0 atom stereocenters. The molecule has 1 amide bonds. The van der Waals surface area contributed by atoms with Crippen molar-refractivity contribution in [1.82, 2.24) is 0 Å². The van der Waals surface area contributed by atoms with Crippen LogP contribution < -0.4 is 10.1 Å². The van der Waals surface area contributed by atoms with Crippen LogP contribution in [-0.4, -0.2) is 26.2 Å². The first-order valence-electron chi connectivity index (χ1n) is 5.05. The Morgan fingerprint density at radius 2 is 1.94 bits per heavy atom. The third-order valence-electron chi connectivity index (χ3n) is 2.95. The number of carbonyl (C=O) groups excluding carboxylic acids is 1. The van der Waals surface area contributed by atoms with Crippen LogP contribution in [0.3, 0.4) is 0 Å². The van der Waals surface area contributed by atoms with E-state index in [4.69, 9.17) is 4.74 Å².